The van der Waals surface area contributed by atoms with Gasteiger partial charge in [-0.1, -0.05) is 54.1 Å². The summed E-state index contributed by atoms with van der Waals surface area (Å²) in [6.45, 7) is 4.13. The van der Waals surface area contributed by atoms with Gasteiger partial charge < -0.3 is 9.15 Å². The molecule has 0 fully saturated rings. The molecule has 0 saturated heterocycles. The Bertz CT molecular complexity index is 1040. The third-order valence-corrected chi connectivity index (χ3v) is 4.26. The van der Waals surface area contributed by atoms with E-state index in [2.05, 4.69) is 0 Å². The van der Waals surface area contributed by atoms with Gasteiger partial charge in [-0.3, -0.25) is 4.79 Å². The number of hydrogen-bond acceptors (Lipinski definition) is 4. The van der Waals surface area contributed by atoms with Crippen LogP contribution in [0.15, 0.2) is 77.2 Å². The van der Waals surface area contributed by atoms with E-state index in [0.717, 1.165) is 16.9 Å². The molecule has 0 atom stereocenters. The fourth-order valence-electron chi connectivity index (χ4n) is 2.68. The largest absolute Gasteiger partial charge is 0.463 e. The van der Waals surface area contributed by atoms with Crippen molar-refractivity contribution in [3.63, 3.8) is 0 Å². The van der Waals surface area contributed by atoms with Gasteiger partial charge in [0.2, 0.25) is 0 Å². The minimum Gasteiger partial charge on any atom is -0.463 e. The molecule has 0 aliphatic heterocycles. The molecule has 3 aromatic rings. The van der Waals surface area contributed by atoms with Gasteiger partial charge in [-0.15, -0.1) is 0 Å². The maximum atomic E-state index is 12.4. The summed E-state index contributed by atoms with van der Waals surface area (Å²) in [5.41, 5.74) is 3.55. The molecule has 2 aromatic carbocycles. The molecule has 0 unspecified atom stereocenters. The summed E-state index contributed by atoms with van der Waals surface area (Å²) < 4.78 is 10.6. The zero-order valence-corrected chi connectivity index (χ0v) is 16.4. The summed E-state index contributed by atoms with van der Waals surface area (Å²) in [4.78, 5) is 23.7. The minimum absolute atomic E-state index is 0.126. The zero-order valence-electron chi connectivity index (χ0n) is 16.4. The highest BCUT2D eigenvalue weighted by Gasteiger charge is 2.05. The van der Waals surface area contributed by atoms with Crippen LogP contribution in [0.25, 0.3) is 23.5 Å². The van der Waals surface area contributed by atoms with E-state index < -0.39 is 0 Å². The van der Waals surface area contributed by atoms with Crippen LogP contribution in [0.4, 0.5) is 0 Å². The highest BCUT2D eigenvalue weighted by molar-refractivity contribution is 6.06. The van der Waals surface area contributed by atoms with Crippen molar-refractivity contribution in [2.24, 2.45) is 0 Å². The summed E-state index contributed by atoms with van der Waals surface area (Å²) in [5.74, 6) is 0.857. The van der Waals surface area contributed by atoms with Crippen LogP contribution < -0.4 is 0 Å². The summed E-state index contributed by atoms with van der Waals surface area (Å²) in [6.07, 6.45) is 6.16. The van der Waals surface area contributed by atoms with Gasteiger partial charge in [0, 0.05) is 17.2 Å². The van der Waals surface area contributed by atoms with Crippen LogP contribution >= 0.6 is 0 Å². The number of hydrogen-bond donors (Lipinski definition) is 0. The number of allylic oxidation sites excluding steroid dienone is 1. The number of esters is 1. The van der Waals surface area contributed by atoms with Gasteiger partial charge in [-0.2, -0.15) is 0 Å². The Morgan fingerprint density at radius 2 is 1.62 bits per heavy atom. The quantitative estimate of drug-likeness (QED) is 0.296. The first kappa shape index (κ1) is 20.1. The van der Waals surface area contributed by atoms with E-state index in [1.54, 1.807) is 43.3 Å². The predicted molar refractivity (Wildman–Crippen MR) is 114 cm³/mol. The molecule has 3 rings (SSSR count). The average Bonchev–Trinajstić information content (AvgIpc) is 3.21. The molecule has 4 nitrogen and oxygen atoms in total. The van der Waals surface area contributed by atoms with Crippen LogP contribution in [-0.2, 0) is 9.53 Å². The first-order chi connectivity index (χ1) is 14.0. The lowest BCUT2D eigenvalue weighted by Gasteiger charge is -1.98. The van der Waals surface area contributed by atoms with Gasteiger partial charge >= 0.3 is 5.97 Å². The van der Waals surface area contributed by atoms with Crippen LogP contribution in [0, 0.1) is 6.92 Å². The number of carbonyl (C=O) groups excluding carboxylic acids is 2. The van der Waals surface area contributed by atoms with Crippen molar-refractivity contribution in [2.75, 3.05) is 6.61 Å². The third kappa shape index (κ3) is 5.66. The molecule has 0 N–H and O–H groups in total. The Balaban J connectivity index is 1.63. The van der Waals surface area contributed by atoms with Gasteiger partial charge in [-0.25, -0.2) is 4.79 Å². The van der Waals surface area contributed by atoms with E-state index in [9.17, 15) is 9.59 Å². The van der Waals surface area contributed by atoms with Crippen LogP contribution in [0.3, 0.4) is 0 Å². The van der Waals surface area contributed by atoms with Crippen molar-refractivity contribution in [1.29, 1.82) is 0 Å². The number of aryl methyl sites for hydroxylation is 1. The van der Waals surface area contributed by atoms with Gasteiger partial charge in [-0.05, 0) is 49.8 Å². The van der Waals surface area contributed by atoms with Crippen molar-refractivity contribution >= 4 is 23.9 Å². The average molecular weight is 386 g/mol. The lowest BCUT2D eigenvalue weighted by atomic mass is 10.1. The summed E-state index contributed by atoms with van der Waals surface area (Å²) in [7, 11) is 0. The number of rotatable bonds is 7. The Morgan fingerprint density at radius 1 is 0.897 bits per heavy atom. The highest BCUT2D eigenvalue weighted by atomic mass is 16.5. The van der Waals surface area contributed by atoms with Crippen LogP contribution in [0.2, 0.25) is 0 Å². The van der Waals surface area contributed by atoms with Crippen molar-refractivity contribution in [1.82, 2.24) is 0 Å². The fraction of sp³-hybridized carbons (Fsp3) is 0.120. The van der Waals surface area contributed by atoms with Gasteiger partial charge in [0.1, 0.15) is 11.5 Å². The highest BCUT2D eigenvalue weighted by Crippen LogP contribution is 2.23. The second kappa shape index (κ2) is 9.51. The maximum absolute atomic E-state index is 12.4. The number of benzene rings is 2. The molecule has 0 saturated carbocycles. The molecule has 29 heavy (non-hydrogen) atoms. The molecule has 0 aliphatic rings. The Hall–Kier alpha value is -3.66. The van der Waals surface area contributed by atoms with E-state index in [-0.39, 0.29) is 11.8 Å². The number of ketones is 1. The number of ether oxygens (including phenoxy) is 1. The van der Waals surface area contributed by atoms with Crippen LogP contribution in [0.1, 0.15) is 34.2 Å². The second-order valence-corrected chi connectivity index (χ2v) is 6.47. The second-order valence-electron chi connectivity index (χ2n) is 6.47. The maximum Gasteiger partial charge on any atom is 0.330 e. The van der Waals surface area contributed by atoms with E-state index >= 15 is 0 Å². The minimum atomic E-state index is -0.390. The zero-order chi connectivity index (χ0) is 20.6. The molecular weight excluding hydrogens is 364 g/mol. The van der Waals surface area contributed by atoms with E-state index in [1.165, 1.54) is 17.7 Å². The first-order valence-corrected chi connectivity index (χ1v) is 9.39. The third-order valence-electron chi connectivity index (χ3n) is 4.26. The molecule has 1 heterocycles. The molecule has 1 aromatic heterocycles. The van der Waals surface area contributed by atoms with Crippen LogP contribution in [-0.4, -0.2) is 18.4 Å². The molecule has 146 valence electrons. The summed E-state index contributed by atoms with van der Waals surface area (Å²) >= 11 is 0. The molecule has 0 aliphatic carbocycles. The smallest absolute Gasteiger partial charge is 0.330 e. The Kier molecular flexibility index (Phi) is 6.59. The van der Waals surface area contributed by atoms with E-state index in [1.807, 2.05) is 43.3 Å². The Labute approximate surface area is 170 Å². The van der Waals surface area contributed by atoms with E-state index in [4.69, 9.17) is 9.15 Å². The molecule has 0 spiro atoms. The van der Waals surface area contributed by atoms with Gasteiger partial charge in [0.15, 0.2) is 5.78 Å². The predicted octanol–water partition coefficient (Wildman–Crippen LogP) is 5.73. The summed E-state index contributed by atoms with van der Waals surface area (Å²) in [6, 6.07) is 18.8. The standard InChI is InChI=1S/C25H22O4/c1-3-28-25(27)17-8-19-6-11-20(12-7-19)23(26)15-13-22-14-16-24(29-22)21-9-4-18(2)5-10-21/h4-17H,3H2,1-2H3. The molecule has 0 bridgehead atoms. The number of furan rings is 1. The SMILES string of the molecule is CCOC(=O)C=Cc1ccc(C(=O)C=Cc2ccc(-c3ccc(C)cc3)o2)cc1. The molecule has 4 heteroatoms. The molecule has 0 amide bonds. The summed E-state index contributed by atoms with van der Waals surface area (Å²) in [5, 5.41) is 0. The topological polar surface area (TPSA) is 56.5 Å². The van der Waals surface area contributed by atoms with Gasteiger partial charge in [0.25, 0.3) is 0 Å². The van der Waals surface area contributed by atoms with Gasteiger partial charge in [0.05, 0.1) is 6.61 Å². The van der Waals surface area contributed by atoms with Crippen molar-refractivity contribution in [2.45, 2.75) is 13.8 Å². The lowest BCUT2D eigenvalue weighted by Crippen LogP contribution is -1.98. The van der Waals surface area contributed by atoms with Crippen molar-refractivity contribution in [3.05, 3.63) is 95.3 Å². The lowest BCUT2D eigenvalue weighted by molar-refractivity contribution is -0.137. The fourth-order valence-corrected chi connectivity index (χ4v) is 2.68. The number of carbonyl (C=O) groups is 2. The normalized spacial score (nSPS) is 11.2. The Morgan fingerprint density at radius 3 is 2.31 bits per heavy atom. The monoisotopic (exact) mass is 386 g/mol. The van der Waals surface area contributed by atoms with Crippen molar-refractivity contribution in [3.8, 4) is 11.3 Å². The van der Waals surface area contributed by atoms with Crippen LogP contribution in [0.5, 0.6) is 0 Å². The van der Waals surface area contributed by atoms with E-state index in [0.29, 0.717) is 17.9 Å². The first-order valence-electron chi connectivity index (χ1n) is 9.39. The molecule has 0 radical (unpaired) electrons. The molecular formula is C25H22O4. The van der Waals surface area contributed by atoms with Crippen molar-refractivity contribution < 1.29 is 18.7 Å².